The molecule has 1 saturated carbocycles. The summed E-state index contributed by atoms with van der Waals surface area (Å²) in [5.74, 6) is -1.01. The highest BCUT2D eigenvalue weighted by molar-refractivity contribution is 8.10. The van der Waals surface area contributed by atoms with Gasteiger partial charge in [-0.1, -0.05) is 80.0 Å². The van der Waals surface area contributed by atoms with Crippen molar-refractivity contribution < 1.29 is 36.6 Å². The lowest BCUT2D eigenvalue weighted by Gasteiger charge is -2.34. The van der Waals surface area contributed by atoms with E-state index in [0.717, 1.165) is 12.8 Å². The summed E-state index contributed by atoms with van der Waals surface area (Å²) in [6.07, 6.45) is 7.93. The summed E-state index contributed by atoms with van der Waals surface area (Å²) in [6.45, 7) is 3.89. The second-order valence-corrected chi connectivity index (χ2v) is 17.5. The van der Waals surface area contributed by atoms with Gasteiger partial charge in [-0.15, -0.1) is 0 Å². The fourth-order valence-electron chi connectivity index (χ4n) is 6.94. The fraction of sp³-hybridized carbons (Fsp3) is 0.514. The van der Waals surface area contributed by atoms with Gasteiger partial charge in [0.1, 0.15) is 0 Å². The van der Waals surface area contributed by atoms with Gasteiger partial charge in [-0.25, -0.2) is 16.8 Å². The predicted octanol–water partition coefficient (Wildman–Crippen LogP) is 5.80. The van der Waals surface area contributed by atoms with Crippen LogP contribution in [0.15, 0.2) is 94.3 Å². The predicted molar refractivity (Wildman–Crippen MR) is 174 cm³/mol. The first-order valence-corrected chi connectivity index (χ1v) is 18.7. The Morgan fingerprint density at radius 3 is 2.09 bits per heavy atom. The maximum Gasteiger partial charge on any atom is 0.305 e. The summed E-state index contributed by atoms with van der Waals surface area (Å²) >= 11 is 0. The molecule has 2 aromatic carbocycles. The van der Waals surface area contributed by atoms with Crippen LogP contribution in [0, 0.1) is 17.8 Å². The number of hydrogen-bond donors (Lipinski definition) is 2. The number of carbonyl (C=O) groups is 1. The Balaban J connectivity index is 1.73. The van der Waals surface area contributed by atoms with Crippen LogP contribution in [0.25, 0.3) is 0 Å². The number of allylic oxidation sites excluding steroid dienone is 2. The quantitative estimate of drug-likeness (QED) is 0.181. The number of carbonyl (C=O) groups excluding carboxylic acids is 1. The Hall–Kier alpha value is -2.79. The number of benzene rings is 2. The molecule has 246 valence electrons. The van der Waals surface area contributed by atoms with Crippen molar-refractivity contribution in [1.82, 2.24) is 0 Å². The fourth-order valence-corrected chi connectivity index (χ4v) is 12.1. The molecule has 0 spiro atoms. The van der Waals surface area contributed by atoms with E-state index < -0.39 is 54.3 Å². The van der Waals surface area contributed by atoms with E-state index in [1.807, 2.05) is 25.2 Å². The molecule has 8 nitrogen and oxygen atoms in total. The van der Waals surface area contributed by atoms with E-state index in [4.69, 9.17) is 4.74 Å². The summed E-state index contributed by atoms with van der Waals surface area (Å²) < 4.78 is 60.9. The van der Waals surface area contributed by atoms with Gasteiger partial charge in [0.15, 0.2) is 23.8 Å². The Kier molecular flexibility index (Phi) is 11.2. The lowest BCUT2D eigenvalue weighted by atomic mass is 9.87. The van der Waals surface area contributed by atoms with Crippen LogP contribution in [0.2, 0.25) is 0 Å². The molecule has 2 aromatic rings. The first-order valence-electron chi connectivity index (χ1n) is 15.7. The Morgan fingerprint density at radius 1 is 0.978 bits per heavy atom. The minimum Gasteiger partial charge on any atom is -0.469 e. The summed E-state index contributed by atoms with van der Waals surface area (Å²) in [6, 6.07) is 15.0. The molecule has 1 fully saturated rings. The number of ether oxygens (including phenoxy) is 1. The van der Waals surface area contributed by atoms with Crippen molar-refractivity contribution in [3.05, 3.63) is 84.5 Å². The Morgan fingerprint density at radius 2 is 1.56 bits per heavy atom. The van der Waals surface area contributed by atoms with Gasteiger partial charge in [0.25, 0.3) is 0 Å². The molecule has 0 saturated heterocycles. The summed E-state index contributed by atoms with van der Waals surface area (Å²) in [5.41, 5.74) is -0.167. The number of unbranched alkanes of at least 4 members (excludes halogenated alkanes) is 1. The molecular weight excluding hydrogens is 613 g/mol. The van der Waals surface area contributed by atoms with E-state index in [0.29, 0.717) is 31.3 Å². The van der Waals surface area contributed by atoms with Crippen molar-refractivity contribution in [1.29, 1.82) is 0 Å². The molecule has 0 aliphatic heterocycles. The lowest BCUT2D eigenvalue weighted by Crippen LogP contribution is -2.47. The van der Waals surface area contributed by atoms with Gasteiger partial charge in [-0.2, -0.15) is 0 Å². The maximum absolute atomic E-state index is 14.6. The molecule has 45 heavy (non-hydrogen) atoms. The van der Waals surface area contributed by atoms with Crippen molar-refractivity contribution in [2.24, 2.45) is 17.8 Å². The smallest absolute Gasteiger partial charge is 0.305 e. The first kappa shape index (κ1) is 35.1. The van der Waals surface area contributed by atoms with Crippen LogP contribution < -0.4 is 0 Å². The van der Waals surface area contributed by atoms with Gasteiger partial charge in [0, 0.05) is 18.8 Å². The molecule has 0 aromatic heterocycles. The first-order chi connectivity index (χ1) is 21.3. The second-order valence-electron chi connectivity index (χ2n) is 12.8. The molecule has 4 rings (SSSR count). The van der Waals surface area contributed by atoms with Crippen molar-refractivity contribution in [2.45, 2.75) is 97.2 Å². The standard InChI is InChI=1S/C35H46O8S2/c1-4-5-19-34(2,38)20-12-17-30-31-23-26(22-27(31)24-32(30)36)25-35(21-18-33(37)43-3,44(39,40)28-13-8-6-9-14-28)45(41,42)29-15-10-7-11-16-29/h6-17,22,27,30-32,36,38H,4-5,18-21,23-25H2,1-3H3/b17-12+/t27-,30-,31-,32+,34+/m0/s1. The van der Waals surface area contributed by atoms with Gasteiger partial charge in [0.05, 0.1) is 28.6 Å². The van der Waals surface area contributed by atoms with Crippen LogP contribution in [-0.2, 0) is 29.2 Å². The van der Waals surface area contributed by atoms with E-state index in [-0.39, 0.29) is 34.0 Å². The average Bonchev–Trinajstić information content (AvgIpc) is 3.54. The number of aliphatic hydroxyl groups excluding tert-OH is 1. The van der Waals surface area contributed by atoms with Gasteiger partial charge in [-0.05, 0) is 75.1 Å². The highest BCUT2D eigenvalue weighted by Crippen LogP contribution is 2.52. The minimum atomic E-state index is -4.57. The summed E-state index contributed by atoms with van der Waals surface area (Å²) in [5, 5.41) is 21.6. The third-order valence-electron chi connectivity index (χ3n) is 9.46. The molecule has 0 unspecified atom stereocenters. The van der Waals surface area contributed by atoms with E-state index in [1.165, 1.54) is 31.4 Å². The van der Waals surface area contributed by atoms with Gasteiger partial charge >= 0.3 is 5.97 Å². The summed E-state index contributed by atoms with van der Waals surface area (Å²) in [7, 11) is -7.96. The number of methoxy groups -OCH3 is 1. The molecule has 5 atom stereocenters. The Labute approximate surface area is 268 Å². The maximum atomic E-state index is 14.6. The highest BCUT2D eigenvalue weighted by Gasteiger charge is 2.57. The molecule has 10 heteroatoms. The van der Waals surface area contributed by atoms with E-state index in [2.05, 4.69) is 6.92 Å². The van der Waals surface area contributed by atoms with E-state index in [1.54, 1.807) is 36.4 Å². The number of esters is 1. The monoisotopic (exact) mass is 658 g/mol. The topological polar surface area (TPSA) is 135 Å². The molecule has 0 heterocycles. The van der Waals surface area contributed by atoms with Gasteiger partial charge < -0.3 is 14.9 Å². The third kappa shape index (κ3) is 7.45. The van der Waals surface area contributed by atoms with Crippen LogP contribution in [0.5, 0.6) is 0 Å². The zero-order chi connectivity index (χ0) is 32.9. The number of fused-ring (bicyclic) bond motifs is 1. The average molecular weight is 659 g/mol. The molecule has 0 bridgehead atoms. The number of aliphatic hydroxyl groups is 2. The molecule has 0 amide bonds. The number of rotatable bonds is 15. The SMILES string of the molecule is CCCC[C@@](C)(O)C/C=C/[C@H]1[C@H]2CC(CC(CCC(=O)OC)(S(=O)(=O)c3ccccc3)S(=O)(=O)c3ccccc3)=C[C@H]2C[C@H]1O. The largest absolute Gasteiger partial charge is 0.469 e. The zero-order valence-electron chi connectivity index (χ0n) is 26.3. The molecule has 2 aliphatic rings. The number of sulfone groups is 2. The van der Waals surface area contributed by atoms with E-state index in [9.17, 15) is 31.8 Å². The number of hydrogen-bond acceptors (Lipinski definition) is 8. The molecular formula is C35H46O8S2. The summed E-state index contributed by atoms with van der Waals surface area (Å²) in [4.78, 5) is 12.1. The zero-order valence-corrected chi connectivity index (χ0v) is 28.0. The molecule has 0 radical (unpaired) electrons. The van der Waals surface area contributed by atoms with Crippen molar-refractivity contribution >= 4 is 25.6 Å². The van der Waals surface area contributed by atoms with Crippen LogP contribution >= 0.6 is 0 Å². The van der Waals surface area contributed by atoms with Gasteiger partial charge in [-0.3, -0.25) is 4.79 Å². The van der Waals surface area contributed by atoms with Crippen LogP contribution in [0.4, 0.5) is 0 Å². The highest BCUT2D eigenvalue weighted by atomic mass is 32.3. The van der Waals surface area contributed by atoms with Crippen molar-refractivity contribution in [3.8, 4) is 0 Å². The molecule has 2 N–H and O–H groups in total. The van der Waals surface area contributed by atoms with Crippen LogP contribution in [0.3, 0.4) is 0 Å². The lowest BCUT2D eigenvalue weighted by molar-refractivity contribution is -0.140. The third-order valence-corrected chi connectivity index (χ3v) is 15.2. The minimum absolute atomic E-state index is 0.0380. The van der Waals surface area contributed by atoms with Crippen molar-refractivity contribution in [2.75, 3.05) is 7.11 Å². The van der Waals surface area contributed by atoms with Crippen LogP contribution in [-0.4, -0.2) is 55.9 Å². The Bertz CT molecular complexity index is 1510. The van der Waals surface area contributed by atoms with Gasteiger partial charge in [0.2, 0.25) is 0 Å². The van der Waals surface area contributed by atoms with Crippen molar-refractivity contribution in [3.63, 3.8) is 0 Å². The normalized spacial score (nSPS) is 23.4. The second kappa shape index (κ2) is 14.3. The van der Waals surface area contributed by atoms with E-state index >= 15 is 0 Å². The van der Waals surface area contributed by atoms with Crippen LogP contribution in [0.1, 0.15) is 71.6 Å². The molecule has 2 aliphatic carbocycles.